The number of nitrogens with zero attached hydrogens (tertiary/aromatic N) is 2. The zero-order chi connectivity index (χ0) is 14.4. The van der Waals surface area contributed by atoms with E-state index < -0.39 is 4.92 Å². The molecule has 0 saturated carbocycles. The van der Waals surface area contributed by atoms with E-state index in [4.69, 9.17) is 22.1 Å². The quantitative estimate of drug-likeness (QED) is 0.452. The van der Waals surface area contributed by atoms with Crippen LogP contribution in [0, 0.1) is 10.1 Å². The maximum atomic E-state index is 10.6. The lowest BCUT2D eigenvalue weighted by Crippen LogP contribution is -2.28. The van der Waals surface area contributed by atoms with Gasteiger partial charge in [0.1, 0.15) is 17.7 Å². The maximum absolute atomic E-state index is 10.6. The van der Waals surface area contributed by atoms with Gasteiger partial charge in [0.25, 0.3) is 0 Å². The molecule has 0 aliphatic carbocycles. The minimum Gasteiger partial charge on any atom is -0.393 e. The summed E-state index contributed by atoms with van der Waals surface area (Å²) in [6, 6.07) is 1.42. The Morgan fingerprint density at radius 2 is 2.32 bits per heavy atom. The van der Waals surface area contributed by atoms with Gasteiger partial charge in [-0.2, -0.15) is 0 Å². The number of hydrogen-bond donors (Lipinski definition) is 2. The number of rotatable bonds is 7. The SMILES string of the molecule is CC(C)OC(CCl)CNc1cc(N)c([N+](=O)[O-])cn1. The van der Waals surface area contributed by atoms with Crippen LogP contribution >= 0.6 is 11.6 Å². The number of halogens is 1. The molecule has 1 aromatic heterocycles. The largest absolute Gasteiger partial charge is 0.393 e. The third kappa shape index (κ3) is 4.88. The van der Waals surface area contributed by atoms with Crippen molar-refractivity contribution in [1.82, 2.24) is 4.98 Å². The molecule has 0 aliphatic rings. The van der Waals surface area contributed by atoms with E-state index >= 15 is 0 Å². The maximum Gasteiger partial charge on any atom is 0.310 e. The molecule has 1 atom stereocenters. The molecule has 19 heavy (non-hydrogen) atoms. The molecular weight excluding hydrogens is 272 g/mol. The highest BCUT2D eigenvalue weighted by Gasteiger charge is 2.14. The minimum absolute atomic E-state index is 0.0645. The molecule has 0 aliphatic heterocycles. The molecule has 0 radical (unpaired) electrons. The predicted octanol–water partition coefficient (Wildman–Crippen LogP) is 2.02. The summed E-state index contributed by atoms with van der Waals surface area (Å²) < 4.78 is 5.55. The van der Waals surface area contributed by atoms with Gasteiger partial charge in [0.2, 0.25) is 0 Å². The van der Waals surface area contributed by atoms with Crippen LogP contribution in [0.1, 0.15) is 13.8 Å². The fourth-order valence-corrected chi connectivity index (χ4v) is 1.64. The molecule has 1 rings (SSSR count). The van der Waals surface area contributed by atoms with Crippen molar-refractivity contribution >= 4 is 28.8 Å². The Hall–Kier alpha value is -1.60. The van der Waals surface area contributed by atoms with E-state index in [1.54, 1.807) is 0 Å². The van der Waals surface area contributed by atoms with Gasteiger partial charge >= 0.3 is 5.69 Å². The van der Waals surface area contributed by atoms with Gasteiger partial charge in [0, 0.05) is 12.6 Å². The fraction of sp³-hybridized carbons (Fsp3) is 0.545. The van der Waals surface area contributed by atoms with Crippen LogP contribution in [-0.2, 0) is 4.74 Å². The number of nitrogens with two attached hydrogens (primary N) is 1. The van der Waals surface area contributed by atoms with Crippen LogP contribution in [0.15, 0.2) is 12.3 Å². The van der Waals surface area contributed by atoms with Crippen molar-refractivity contribution in [1.29, 1.82) is 0 Å². The number of nitro groups is 1. The average Bonchev–Trinajstić information content (AvgIpc) is 2.33. The molecule has 1 aromatic rings. The molecule has 1 unspecified atom stereocenters. The van der Waals surface area contributed by atoms with Gasteiger partial charge in [0.05, 0.1) is 23.0 Å². The first-order valence-electron chi connectivity index (χ1n) is 5.79. The van der Waals surface area contributed by atoms with Crippen molar-refractivity contribution in [2.45, 2.75) is 26.1 Å². The van der Waals surface area contributed by atoms with Crippen molar-refractivity contribution in [3.05, 3.63) is 22.4 Å². The molecule has 7 nitrogen and oxygen atoms in total. The molecule has 106 valence electrons. The van der Waals surface area contributed by atoms with E-state index in [2.05, 4.69) is 10.3 Å². The lowest BCUT2D eigenvalue weighted by atomic mass is 10.3. The summed E-state index contributed by atoms with van der Waals surface area (Å²) >= 11 is 5.78. The topological polar surface area (TPSA) is 103 Å². The minimum atomic E-state index is -0.574. The Kier molecular flexibility index (Phi) is 5.78. The van der Waals surface area contributed by atoms with Gasteiger partial charge in [0.15, 0.2) is 0 Å². The molecule has 0 bridgehead atoms. The summed E-state index contributed by atoms with van der Waals surface area (Å²) in [7, 11) is 0. The normalized spacial score (nSPS) is 12.4. The number of pyridine rings is 1. The van der Waals surface area contributed by atoms with Crippen LogP contribution in [0.25, 0.3) is 0 Å². The zero-order valence-electron chi connectivity index (χ0n) is 10.8. The summed E-state index contributed by atoms with van der Waals surface area (Å²) in [5, 5.41) is 13.6. The van der Waals surface area contributed by atoms with Gasteiger partial charge < -0.3 is 15.8 Å². The smallest absolute Gasteiger partial charge is 0.310 e. The summed E-state index contributed by atoms with van der Waals surface area (Å²) in [5.41, 5.74) is 5.42. The Bertz CT molecular complexity index is 442. The molecule has 0 fully saturated rings. The lowest BCUT2D eigenvalue weighted by Gasteiger charge is -2.18. The van der Waals surface area contributed by atoms with E-state index in [1.165, 1.54) is 6.07 Å². The van der Waals surface area contributed by atoms with Crippen molar-refractivity contribution < 1.29 is 9.66 Å². The van der Waals surface area contributed by atoms with Crippen LogP contribution in [0.4, 0.5) is 17.2 Å². The summed E-state index contributed by atoms with van der Waals surface area (Å²) in [4.78, 5) is 13.9. The number of anilines is 2. The molecule has 8 heteroatoms. The van der Waals surface area contributed by atoms with Gasteiger partial charge in [-0.3, -0.25) is 10.1 Å². The molecule has 0 aromatic carbocycles. The van der Waals surface area contributed by atoms with E-state index in [0.717, 1.165) is 6.20 Å². The van der Waals surface area contributed by atoms with E-state index in [-0.39, 0.29) is 23.6 Å². The first-order chi connectivity index (χ1) is 8.93. The van der Waals surface area contributed by atoms with Crippen LogP contribution in [0.2, 0.25) is 0 Å². The van der Waals surface area contributed by atoms with Crippen molar-refractivity contribution in [3.63, 3.8) is 0 Å². The van der Waals surface area contributed by atoms with Crippen LogP contribution in [0.3, 0.4) is 0 Å². The number of hydrogen-bond acceptors (Lipinski definition) is 6. The lowest BCUT2D eigenvalue weighted by molar-refractivity contribution is -0.384. The number of nitrogen functional groups attached to an aromatic ring is 1. The number of alkyl halides is 1. The van der Waals surface area contributed by atoms with E-state index in [1.807, 2.05) is 13.8 Å². The highest BCUT2D eigenvalue weighted by molar-refractivity contribution is 6.18. The molecule has 3 N–H and O–H groups in total. The van der Waals surface area contributed by atoms with Crippen molar-refractivity contribution in [2.24, 2.45) is 0 Å². The molecule has 0 amide bonds. The molecule has 0 saturated heterocycles. The number of nitrogens with one attached hydrogen (secondary N) is 1. The molecule has 0 spiro atoms. The number of ether oxygens (including phenoxy) is 1. The Labute approximate surface area is 116 Å². The third-order valence-corrected chi connectivity index (χ3v) is 2.60. The van der Waals surface area contributed by atoms with Gasteiger partial charge in [-0.15, -0.1) is 11.6 Å². The first-order valence-corrected chi connectivity index (χ1v) is 6.32. The second-order valence-electron chi connectivity index (χ2n) is 4.23. The Morgan fingerprint density at radius 1 is 1.63 bits per heavy atom. The second kappa shape index (κ2) is 7.10. The van der Waals surface area contributed by atoms with Crippen LogP contribution in [0.5, 0.6) is 0 Å². The Balaban J connectivity index is 2.62. The van der Waals surface area contributed by atoms with Gasteiger partial charge in [-0.1, -0.05) is 0 Å². The van der Waals surface area contributed by atoms with Crippen LogP contribution < -0.4 is 11.1 Å². The average molecular weight is 289 g/mol. The monoisotopic (exact) mass is 288 g/mol. The second-order valence-corrected chi connectivity index (χ2v) is 4.54. The van der Waals surface area contributed by atoms with Gasteiger partial charge in [-0.25, -0.2) is 4.98 Å². The van der Waals surface area contributed by atoms with E-state index in [9.17, 15) is 10.1 Å². The van der Waals surface area contributed by atoms with E-state index in [0.29, 0.717) is 18.2 Å². The predicted molar refractivity (Wildman–Crippen MR) is 74.5 cm³/mol. The van der Waals surface area contributed by atoms with Crippen LogP contribution in [-0.4, -0.2) is 34.5 Å². The third-order valence-electron chi connectivity index (χ3n) is 2.26. The summed E-state index contributed by atoms with van der Waals surface area (Å²) in [5.74, 6) is 0.791. The zero-order valence-corrected chi connectivity index (χ0v) is 11.6. The fourth-order valence-electron chi connectivity index (χ4n) is 1.46. The molecular formula is C11H17ClN4O3. The van der Waals surface area contributed by atoms with Crippen molar-refractivity contribution in [2.75, 3.05) is 23.5 Å². The summed E-state index contributed by atoms with van der Waals surface area (Å²) in [6.07, 6.45) is 1.02. The number of aromatic nitrogens is 1. The van der Waals surface area contributed by atoms with Gasteiger partial charge in [-0.05, 0) is 13.8 Å². The summed E-state index contributed by atoms with van der Waals surface area (Å²) in [6.45, 7) is 4.29. The standard InChI is InChI=1S/C11H17ClN4O3/c1-7(2)19-8(4-12)5-14-11-3-9(13)10(6-15-11)16(17)18/h3,6-8H,4-5H2,1-2H3,(H3,13,14,15). The highest BCUT2D eigenvalue weighted by atomic mass is 35.5. The first kappa shape index (κ1) is 15.5. The van der Waals surface area contributed by atoms with Crippen molar-refractivity contribution in [3.8, 4) is 0 Å². The highest BCUT2D eigenvalue weighted by Crippen LogP contribution is 2.22. The Morgan fingerprint density at radius 3 is 2.79 bits per heavy atom. The molecule has 1 heterocycles.